The second-order valence-electron chi connectivity index (χ2n) is 5.32. The Labute approximate surface area is 116 Å². The average molecular weight is 265 g/mol. The van der Waals surface area contributed by atoms with Gasteiger partial charge in [-0.05, 0) is 24.8 Å². The first-order valence-electron chi connectivity index (χ1n) is 7.18. The van der Waals surface area contributed by atoms with Crippen molar-refractivity contribution in [1.82, 2.24) is 5.32 Å². The third-order valence-electron chi connectivity index (χ3n) is 4.15. The van der Waals surface area contributed by atoms with Gasteiger partial charge in [0.05, 0.1) is 6.61 Å². The smallest absolute Gasteiger partial charge is 0.0587 e. The molecule has 0 aliphatic carbocycles. The van der Waals surface area contributed by atoms with E-state index in [-0.39, 0.29) is 24.7 Å². The molecule has 0 aliphatic heterocycles. The molecule has 1 rings (SSSR count). The largest absolute Gasteiger partial charge is 0.396 e. The van der Waals surface area contributed by atoms with Gasteiger partial charge in [-0.1, -0.05) is 44.2 Å². The molecule has 19 heavy (non-hydrogen) atoms. The van der Waals surface area contributed by atoms with E-state index in [1.54, 1.807) is 0 Å². The van der Waals surface area contributed by atoms with Gasteiger partial charge in [-0.15, -0.1) is 0 Å². The highest BCUT2D eigenvalue weighted by molar-refractivity contribution is 5.15. The second kappa shape index (κ2) is 8.31. The van der Waals surface area contributed by atoms with Crippen LogP contribution in [0.15, 0.2) is 30.3 Å². The molecule has 3 nitrogen and oxygen atoms in total. The Hall–Kier alpha value is -0.900. The number of hydrogen-bond donors (Lipinski definition) is 3. The van der Waals surface area contributed by atoms with Crippen molar-refractivity contribution in [3.05, 3.63) is 35.9 Å². The van der Waals surface area contributed by atoms with E-state index in [4.69, 9.17) is 0 Å². The first-order valence-corrected chi connectivity index (χ1v) is 7.18. The van der Waals surface area contributed by atoms with Gasteiger partial charge >= 0.3 is 0 Å². The number of hydrogen-bond acceptors (Lipinski definition) is 3. The van der Waals surface area contributed by atoms with Crippen LogP contribution in [0.3, 0.4) is 0 Å². The molecule has 0 radical (unpaired) electrons. The summed E-state index contributed by atoms with van der Waals surface area (Å²) in [5.41, 5.74) is 1.15. The molecular formula is C16H27NO2. The molecule has 1 aromatic carbocycles. The zero-order valence-electron chi connectivity index (χ0n) is 12.1. The maximum atomic E-state index is 9.55. The van der Waals surface area contributed by atoms with Crippen molar-refractivity contribution in [1.29, 1.82) is 0 Å². The zero-order chi connectivity index (χ0) is 14.1. The minimum Gasteiger partial charge on any atom is -0.396 e. The maximum absolute atomic E-state index is 9.55. The number of aliphatic hydroxyl groups is 2. The van der Waals surface area contributed by atoms with E-state index in [1.165, 1.54) is 5.56 Å². The van der Waals surface area contributed by atoms with Crippen molar-refractivity contribution in [2.75, 3.05) is 19.8 Å². The fourth-order valence-corrected chi connectivity index (χ4v) is 2.24. The van der Waals surface area contributed by atoms with Gasteiger partial charge in [0.25, 0.3) is 0 Å². The van der Waals surface area contributed by atoms with Gasteiger partial charge in [-0.3, -0.25) is 0 Å². The molecule has 0 spiro atoms. The standard InChI is InChI=1S/C16H27NO2/c1-3-16(4-2,13-19)12-17-15(11-18)10-14-8-6-5-7-9-14/h5-9,15,17-19H,3-4,10-13H2,1-2H3/t15-/m1/s1. The summed E-state index contributed by atoms with van der Waals surface area (Å²) < 4.78 is 0. The molecule has 0 saturated carbocycles. The monoisotopic (exact) mass is 265 g/mol. The highest BCUT2D eigenvalue weighted by Crippen LogP contribution is 2.24. The molecule has 3 heteroatoms. The van der Waals surface area contributed by atoms with E-state index in [0.29, 0.717) is 0 Å². The van der Waals surface area contributed by atoms with Crippen LogP contribution in [0.2, 0.25) is 0 Å². The van der Waals surface area contributed by atoms with Gasteiger partial charge in [0.15, 0.2) is 0 Å². The van der Waals surface area contributed by atoms with Gasteiger partial charge in [-0.2, -0.15) is 0 Å². The van der Waals surface area contributed by atoms with Crippen LogP contribution in [0.25, 0.3) is 0 Å². The van der Waals surface area contributed by atoms with Gasteiger partial charge in [-0.25, -0.2) is 0 Å². The minimum absolute atomic E-state index is 0.0476. The molecular weight excluding hydrogens is 238 g/mol. The normalized spacial score (nSPS) is 13.5. The number of nitrogens with one attached hydrogen (secondary N) is 1. The molecule has 3 N–H and O–H groups in total. The van der Waals surface area contributed by atoms with Crippen LogP contribution in [0.4, 0.5) is 0 Å². The van der Waals surface area contributed by atoms with Crippen molar-refractivity contribution in [2.45, 2.75) is 39.2 Å². The molecule has 1 atom stereocenters. The summed E-state index contributed by atoms with van der Waals surface area (Å²) in [6, 6.07) is 10.2. The highest BCUT2D eigenvalue weighted by atomic mass is 16.3. The van der Waals surface area contributed by atoms with Crippen LogP contribution in [-0.4, -0.2) is 36.0 Å². The molecule has 0 bridgehead atoms. The molecule has 0 amide bonds. The first kappa shape index (κ1) is 16.2. The Kier molecular flexibility index (Phi) is 7.06. The Bertz CT molecular complexity index is 328. The Morgan fingerprint density at radius 3 is 2.21 bits per heavy atom. The summed E-state index contributed by atoms with van der Waals surface area (Å²) in [7, 11) is 0. The summed E-state index contributed by atoms with van der Waals surface area (Å²) in [5.74, 6) is 0. The lowest BCUT2D eigenvalue weighted by atomic mass is 9.83. The molecule has 108 valence electrons. The molecule has 0 fully saturated rings. The van der Waals surface area contributed by atoms with Crippen molar-refractivity contribution in [2.24, 2.45) is 5.41 Å². The minimum atomic E-state index is -0.0654. The Morgan fingerprint density at radius 2 is 1.74 bits per heavy atom. The summed E-state index contributed by atoms with van der Waals surface area (Å²) in [4.78, 5) is 0. The lowest BCUT2D eigenvalue weighted by Crippen LogP contribution is -2.43. The molecule has 1 aromatic rings. The lowest BCUT2D eigenvalue weighted by Gasteiger charge is -2.31. The van der Waals surface area contributed by atoms with Crippen molar-refractivity contribution in [3.63, 3.8) is 0 Å². The number of rotatable bonds is 9. The van der Waals surface area contributed by atoms with E-state index in [0.717, 1.165) is 25.8 Å². The van der Waals surface area contributed by atoms with Gasteiger partial charge in [0, 0.05) is 24.6 Å². The molecule has 0 aromatic heterocycles. The molecule has 0 heterocycles. The topological polar surface area (TPSA) is 52.5 Å². The Morgan fingerprint density at radius 1 is 1.11 bits per heavy atom. The molecule has 0 unspecified atom stereocenters. The summed E-state index contributed by atoms with van der Waals surface area (Å²) in [6.07, 6.45) is 2.69. The average Bonchev–Trinajstić information content (AvgIpc) is 2.49. The third kappa shape index (κ3) is 4.94. The van der Waals surface area contributed by atoms with E-state index in [9.17, 15) is 10.2 Å². The fraction of sp³-hybridized carbons (Fsp3) is 0.625. The summed E-state index contributed by atoms with van der Waals surface area (Å²) >= 11 is 0. The summed E-state index contributed by atoms with van der Waals surface area (Å²) in [5, 5.41) is 22.4. The fourth-order valence-electron chi connectivity index (χ4n) is 2.24. The SMILES string of the molecule is CCC(CC)(CO)CN[C@@H](CO)Cc1ccccc1. The van der Waals surface area contributed by atoms with Gasteiger partial charge in [0.1, 0.15) is 0 Å². The van der Waals surface area contributed by atoms with Crippen LogP contribution >= 0.6 is 0 Å². The van der Waals surface area contributed by atoms with Gasteiger partial charge < -0.3 is 15.5 Å². The lowest BCUT2D eigenvalue weighted by molar-refractivity contribution is 0.105. The Balaban J connectivity index is 2.53. The maximum Gasteiger partial charge on any atom is 0.0587 e. The van der Waals surface area contributed by atoms with E-state index < -0.39 is 0 Å². The van der Waals surface area contributed by atoms with Crippen LogP contribution in [-0.2, 0) is 6.42 Å². The molecule has 0 saturated heterocycles. The van der Waals surface area contributed by atoms with Crippen molar-refractivity contribution < 1.29 is 10.2 Å². The highest BCUT2D eigenvalue weighted by Gasteiger charge is 2.25. The number of benzene rings is 1. The molecule has 0 aliphatic rings. The van der Waals surface area contributed by atoms with E-state index >= 15 is 0 Å². The first-order chi connectivity index (χ1) is 9.19. The van der Waals surface area contributed by atoms with Crippen LogP contribution in [0, 0.1) is 5.41 Å². The van der Waals surface area contributed by atoms with Crippen LogP contribution in [0.1, 0.15) is 32.3 Å². The van der Waals surface area contributed by atoms with Gasteiger partial charge in [0.2, 0.25) is 0 Å². The predicted molar refractivity (Wildman–Crippen MR) is 79.1 cm³/mol. The quantitative estimate of drug-likeness (QED) is 0.640. The summed E-state index contributed by atoms with van der Waals surface area (Å²) in [6.45, 7) is 5.26. The van der Waals surface area contributed by atoms with E-state index in [1.807, 2.05) is 18.2 Å². The second-order valence-corrected chi connectivity index (χ2v) is 5.32. The van der Waals surface area contributed by atoms with E-state index in [2.05, 4.69) is 31.3 Å². The third-order valence-corrected chi connectivity index (χ3v) is 4.15. The predicted octanol–water partition coefficient (Wildman–Crippen LogP) is 1.98. The van der Waals surface area contributed by atoms with Crippen molar-refractivity contribution >= 4 is 0 Å². The van der Waals surface area contributed by atoms with Crippen molar-refractivity contribution in [3.8, 4) is 0 Å². The zero-order valence-corrected chi connectivity index (χ0v) is 12.1. The van der Waals surface area contributed by atoms with Crippen LogP contribution in [0.5, 0.6) is 0 Å². The van der Waals surface area contributed by atoms with Crippen LogP contribution < -0.4 is 5.32 Å². The number of aliphatic hydroxyl groups excluding tert-OH is 2.